The topological polar surface area (TPSA) is 90.1 Å². The van der Waals surface area contributed by atoms with E-state index in [0.29, 0.717) is 29.6 Å². The SMILES string of the molecule is Cc1ccc(-c2noc(-c3ccccc3OCC(=O)NCc3ccccn3)n2)cc1. The summed E-state index contributed by atoms with van der Waals surface area (Å²) >= 11 is 0. The first kappa shape index (κ1) is 19.3. The highest BCUT2D eigenvalue weighted by Crippen LogP contribution is 2.30. The molecule has 0 atom stereocenters. The number of hydrogen-bond donors (Lipinski definition) is 1. The molecule has 2 aromatic carbocycles. The number of para-hydroxylation sites is 1. The minimum atomic E-state index is -0.249. The normalized spacial score (nSPS) is 10.6. The van der Waals surface area contributed by atoms with Crippen LogP contribution >= 0.6 is 0 Å². The first-order valence-corrected chi connectivity index (χ1v) is 9.48. The fraction of sp³-hybridized carbons (Fsp3) is 0.130. The maximum atomic E-state index is 12.1. The summed E-state index contributed by atoms with van der Waals surface area (Å²) in [4.78, 5) is 20.8. The molecule has 2 heterocycles. The van der Waals surface area contributed by atoms with Crippen molar-refractivity contribution in [3.8, 4) is 28.6 Å². The van der Waals surface area contributed by atoms with Gasteiger partial charge in [-0.05, 0) is 31.2 Å². The summed E-state index contributed by atoms with van der Waals surface area (Å²) in [5.41, 5.74) is 3.42. The molecule has 2 aromatic heterocycles. The van der Waals surface area contributed by atoms with Gasteiger partial charge in [0.1, 0.15) is 5.75 Å². The van der Waals surface area contributed by atoms with Crippen LogP contribution in [0.3, 0.4) is 0 Å². The first-order chi connectivity index (χ1) is 14.7. The van der Waals surface area contributed by atoms with Gasteiger partial charge in [-0.15, -0.1) is 0 Å². The molecular formula is C23H20N4O3. The monoisotopic (exact) mass is 400 g/mol. The number of pyridine rings is 1. The van der Waals surface area contributed by atoms with E-state index in [1.54, 1.807) is 12.3 Å². The quantitative estimate of drug-likeness (QED) is 0.507. The van der Waals surface area contributed by atoms with Gasteiger partial charge in [-0.3, -0.25) is 9.78 Å². The molecule has 0 saturated heterocycles. The van der Waals surface area contributed by atoms with Crippen LogP contribution in [0.5, 0.6) is 5.75 Å². The summed E-state index contributed by atoms with van der Waals surface area (Å²) < 4.78 is 11.2. The van der Waals surface area contributed by atoms with Crippen molar-refractivity contribution >= 4 is 5.91 Å². The van der Waals surface area contributed by atoms with Gasteiger partial charge in [-0.1, -0.05) is 53.2 Å². The Morgan fingerprint density at radius 1 is 1.03 bits per heavy atom. The molecule has 0 aliphatic carbocycles. The van der Waals surface area contributed by atoms with Crippen LogP contribution in [0.15, 0.2) is 77.4 Å². The summed E-state index contributed by atoms with van der Waals surface area (Å²) in [6, 6.07) is 20.7. The second-order valence-corrected chi connectivity index (χ2v) is 6.67. The number of amides is 1. The van der Waals surface area contributed by atoms with Gasteiger partial charge in [0.2, 0.25) is 5.82 Å². The van der Waals surface area contributed by atoms with Crippen LogP contribution < -0.4 is 10.1 Å². The van der Waals surface area contributed by atoms with Crippen molar-refractivity contribution in [2.75, 3.05) is 6.61 Å². The Bertz CT molecular complexity index is 1120. The van der Waals surface area contributed by atoms with Crippen molar-refractivity contribution in [1.29, 1.82) is 0 Å². The largest absolute Gasteiger partial charge is 0.483 e. The molecule has 0 unspecified atom stereocenters. The Balaban J connectivity index is 1.43. The third kappa shape index (κ3) is 4.70. The van der Waals surface area contributed by atoms with E-state index < -0.39 is 0 Å². The molecule has 0 spiro atoms. The molecule has 150 valence electrons. The van der Waals surface area contributed by atoms with E-state index in [9.17, 15) is 4.79 Å². The standard InChI is InChI=1S/C23H20N4O3/c1-16-9-11-17(12-10-16)22-26-23(30-27-22)19-7-2-3-8-20(19)29-15-21(28)25-14-18-6-4-5-13-24-18/h2-13H,14-15H2,1H3,(H,25,28). The number of aromatic nitrogens is 3. The fourth-order valence-corrected chi connectivity index (χ4v) is 2.81. The molecular weight excluding hydrogens is 380 g/mol. The second-order valence-electron chi connectivity index (χ2n) is 6.67. The molecule has 0 radical (unpaired) electrons. The summed E-state index contributed by atoms with van der Waals surface area (Å²) in [5, 5.41) is 6.84. The minimum Gasteiger partial charge on any atom is -0.483 e. The molecule has 4 aromatic rings. The summed E-state index contributed by atoms with van der Waals surface area (Å²) in [6.45, 7) is 2.22. The number of nitrogens with zero attached hydrogens (tertiary/aromatic N) is 3. The fourth-order valence-electron chi connectivity index (χ4n) is 2.81. The molecule has 1 amide bonds. The summed E-state index contributed by atoms with van der Waals surface area (Å²) in [7, 11) is 0. The Kier molecular flexibility index (Phi) is 5.80. The number of aryl methyl sites for hydroxylation is 1. The highest BCUT2D eigenvalue weighted by molar-refractivity contribution is 5.78. The number of benzene rings is 2. The maximum absolute atomic E-state index is 12.1. The highest BCUT2D eigenvalue weighted by atomic mass is 16.5. The maximum Gasteiger partial charge on any atom is 0.262 e. The third-order valence-corrected chi connectivity index (χ3v) is 4.40. The second kappa shape index (κ2) is 9.00. The minimum absolute atomic E-state index is 0.136. The van der Waals surface area contributed by atoms with E-state index in [2.05, 4.69) is 20.4 Å². The number of hydrogen-bond acceptors (Lipinski definition) is 6. The van der Waals surface area contributed by atoms with Crippen LogP contribution in [0.4, 0.5) is 0 Å². The van der Waals surface area contributed by atoms with Gasteiger partial charge in [0.05, 0.1) is 17.8 Å². The van der Waals surface area contributed by atoms with E-state index in [-0.39, 0.29) is 12.5 Å². The van der Waals surface area contributed by atoms with Crippen molar-refractivity contribution in [2.45, 2.75) is 13.5 Å². The van der Waals surface area contributed by atoms with Crippen LogP contribution in [0, 0.1) is 6.92 Å². The molecule has 0 aliphatic rings. The van der Waals surface area contributed by atoms with E-state index in [1.807, 2.05) is 67.6 Å². The number of rotatable bonds is 7. The van der Waals surface area contributed by atoms with E-state index >= 15 is 0 Å². The number of carbonyl (C=O) groups excluding carboxylic acids is 1. The smallest absolute Gasteiger partial charge is 0.262 e. The van der Waals surface area contributed by atoms with Gasteiger partial charge >= 0.3 is 0 Å². The zero-order valence-corrected chi connectivity index (χ0v) is 16.4. The molecule has 7 nitrogen and oxygen atoms in total. The van der Waals surface area contributed by atoms with Crippen LogP contribution in [0.25, 0.3) is 22.8 Å². The van der Waals surface area contributed by atoms with Crippen molar-refractivity contribution < 1.29 is 14.1 Å². The molecule has 30 heavy (non-hydrogen) atoms. The lowest BCUT2D eigenvalue weighted by molar-refractivity contribution is -0.123. The average Bonchev–Trinajstić information content (AvgIpc) is 3.28. The molecule has 4 rings (SSSR count). The van der Waals surface area contributed by atoms with Gasteiger partial charge in [0.25, 0.3) is 11.8 Å². The number of ether oxygens (including phenoxy) is 1. The Morgan fingerprint density at radius 3 is 2.63 bits per heavy atom. The lowest BCUT2D eigenvalue weighted by atomic mass is 10.1. The zero-order chi connectivity index (χ0) is 20.8. The highest BCUT2D eigenvalue weighted by Gasteiger charge is 2.15. The molecule has 1 N–H and O–H groups in total. The van der Waals surface area contributed by atoms with Crippen LogP contribution in [-0.2, 0) is 11.3 Å². The van der Waals surface area contributed by atoms with Gasteiger partial charge in [0.15, 0.2) is 6.61 Å². The summed E-state index contributed by atoms with van der Waals surface area (Å²) in [5.74, 6) is 1.06. The van der Waals surface area contributed by atoms with Crippen molar-refractivity contribution in [1.82, 2.24) is 20.4 Å². The zero-order valence-electron chi connectivity index (χ0n) is 16.4. The molecule has 0 fully saturated rings. The first-order valence-electron chi connectivity index (χ1n) is 9.48. The summed E-state index contributed by atoms with van der Waals surface area (Å²) in [6.07, 6.45) is 1.68. The van der Waals surface area contributed by atoms with Crippen LogP contribution in [0.2, 0.25) is 0 Å². The molecule has 0 aliphatic heterocycles. The number of nitrogens with one attached hydrogen (secondary N) is 1. The van der Waals surface area contributed by atoms with Crippen molar-refractivity contribution in [3.05, 3.63) is 84.2 Å². The molecule has 7 heteroatoms. The number of carbonyl (C=O) groups is 1. The van der Waals surface area contributed by atoms with Crippen LogP contribution in [-0.4, -0.2) is 27.6 Å². The van der Waals surface area contributed by atoms with E-state index in [4.69, 9.17) is 9.26 Å². The van der Waals surface area contributed by atoms with E-state index in [0.717, 1.165) is 16.8 Å². The van der Waals surface area contributed by atoms with Gasteiger partial charge in [0, 0.05) is 11.8 Å². The predicted octanol–water partition coefficient (Wildman–Crippen LogP) is 3.80. The van der Waals surface area contributed by atoms with Crippen molar-refractivity contribution in [3.63, 3.8) is 0 Å². The lowest BCUT2D eigenvalue weighted by Crippen LogP contribution is -2.28. The third-order valence-electron chi connectivity index (χ3n) is 4.40. The van der Waals surface area contributed by atoms with Gasteiger partial charge in [-0.25, -0.2) is 0 Å². The van der Waals surface area contributed by atoms with Gasteiger partial charge in [-0.2, -0.15) is 4.98 Å². The predicted molar refractivity (Wildman–Crippen MR) is 111 cm³/mol. The van der Waals surface area contributed by atoms with Crippen molar-refractivity contribution in [2.24, 2.45) is 0 Å². The lowest BCUT2D eigenvalue weighted by Gasteiger charge is -2.09. The molecule has 0 saturated carbocycles. The van der Waals surface area contributed by atoms with E-state index in [1.165, 1.54) is 0 Å². The Morgan fingerprint density at radius 2 is 1.83 bits per heavy atom. The molecule has 0 bridgehead atoms. The van der Waals surface area contributed by atoms with Gasteiger partial charge < -0.3 is 14.6 Å². The Labute approximate surface area is 173 Å². The van der Waals surface area contributed by atoms with Crippen LogP contribution in [0.1, 0.15) is 11.3 Å². The average molecular weight is 400 g/mol. The Hall–Kier alpha value is -4.00.